The van der Waals surface area contributed by atoms with E-state index < -0.39 is 35.3 Å². The zero-order valence-corrected chi connectivity index (χ0v) is 17.2. The topological polar surface area (TPSA) is 147 Å². The Labute approximate surface area is 181 Å². The Morgan fingerprint density at radius 3 is 2.72 bits per heavy atom. The maximum atomic E-state index is 12.7. The van der Waals surface area contributed by atoms with Crippen LogP contribution in [0.4, 0.5) is 5.69 Å². The van der Waals surface area contributed by atoms with Gasteiger partial charge < -0.3 is 25.2 Å². The standard InChI is InChI=1S/C21H21N5O6/c1-25-19-14(17(29)16(21(25)31)20(30)23-11-15(27)28)10-22-18(24-19)12-3-2-4-13(9-12)26-5-7-32-8-6-26/h2-4,9-10,29H,5-8,11H2,1H3,(H,23,30)(H,27,28). The number of hydrogen-bond acceptors (Lipinski definition) is 8. The molecule has 11 nitrogen and oxygen atoms in total. The van der Waals surface area contributed by atoms with Crippen molar-refractivity contribution in [3.63, 3.8) is 0 Å². The van der Waals surface area contributed by atoms with Crippen molar-refractivity contribution in [2.24, 2.45) is 7.05 Å². The van der Waals surface area contributed by atoms with Gasteiger partial charge in [-0.05, 0) is 12.1 Å². The predicted molar refractivity (Wildman–Crippen MR) is 115 cm³/mol. The Morgan fingerprint density at radius 2 is 2.00 bits per heavy atom. The van der Waals surface area contributed by atoms with Crippen LogP contribution in [0.15, 0.2) is 35.3 Å². The third-order valence-corrected chi connectivity index (χ3v) is 5.20. The number of aryl methyl sites for hydroxylation is 1. The van der Waals surface area contributed by atoms with Crippen LogP contribution < -0.4 is 15.8 Å². The second kappa shape index (κ2) is 8.63. The SMILES string of the molecule is Cn1c(=O)c(C(=O)NCC(=O)O)c(O)c2cnc(-c3cccc(N4CCOCC4)c3)nc21. The summed E-state index contributed by atoms with van der Waals surface area (Å²) in [5.74, 6) is -2.51. The fourth-order valence-electron chi connectivity index (χ4n) is 3.55. The van der Waals surface area contributed by atoms with Gasteiger partial charge in [-0.15, -0.1) is 0 Å². The number of carbonyl (C=O) groups excluding carboxylic acids is 1. The number of carboxylic acid groups (broad SMARTS) is 1. The van der Waals surface area contributed by atoms with Crippen molar-refractivity contribution >= 4 is 28.6 Å². The smallest absolute Gasteiger partial charge is 0.322 e. The van der Waals surface area contributed by atoms with E-state index in [0.717, 1.165) is 28.9 Å². The van der Waals surface area contributed by atoms with Crippen molar-refractivity contribution in [3.05, 3.63) is 46.4 Å². The minimum absolute atomic E-state index is 0.0978. The summed E-state index contributed by atoms with van der Waals surface area (Å²) >= 11 is 0. The molecule has 0 bridgehead atoms. The molecule has 1 aliphatic rings. The molecule has 0 atom stereocenters. The minimum Gasteiger partial charge on any atom is -0.506 e. The van der Waals surface area contributed by atoms with Crippen LogP contribution in [-0.2, 0) is 16.6 Å². The number of hydrogen-bond donors (Lipinski definition) is 3. The van der Waals surface area contributed by atoms with Crippen LogP contribution in [0, 0.1) is 0 Å². The molecule has 1 fully saturated rings. The van der Waals surface area contributed by atoms with Crippen molar-refractivity contribution in [1.29, 1.82) is 0 Å². The number of aromatic nitrogens is 3. The first-order valence-corrected chi connectivity index (χ1v) is 9.88. The highest BCUT2D eigenvalue weighted by Crippen LogP contribution is 2.28. The zero-order chi connectivity index (χ0) is 22.8. The van der Waals surface area contributed by atoms with Crippen molar-refractivity contribution in [1.82, 2.24) is 19.9 Å². The molecule has 0 radical (unpaired) electrons. The number of amides is 1. The van der Waals surface area contributed by atoms with Gasteiger partial charge in [0.25, 0.3) is 11.5 Å². The molecule has 2 aromatic heterocycles. The molecule has 3 aromatic rings. The molecule has 1 aromatic carbocycles. The average molecular weight is 439 g/mol. The van der Waals surface area contributed by atoms with E-state index in [4.69, 9.17) is 9.84 Å². The number of carboxylic acids is 1. The van der Waals surface area contributed by atoms with Crippen LogP contribution in [0.3, 0.4) is 0 Å². The second-order valence-electron chi connectivity index (χ2n) is 7.24. The molecule has 0 aliphatic carbocycles. The lowest BCUT2D eigenvalue weighted by molar-refractivity contribution is -0.135. The highest BCUT2D eigenvalue weighted by atomic mass is 16.5. The Kier molecular flexibility index (Phi) is 5.73. The van der Waals surface area contributed by atoms with Crippen molar-refractivity contribution in [2.75, 3.05) is 37.7 Å². The third-order valence-electron chi connectivity index (χ3n) is 5.20. The quantitative estimate of drug-likeness (QED) is 0.512. The third kappa shape index (κ3) is 3.97. The van der Waals surface area contributed by atoms with Gasteiger partial charge in [0.15, 0.2) is 5.82 Å². The van der Waals surface area contributed by atoms with Crippen LogP contribution >= 0.6 is 0 Å². The van der Waals surface area contributed by atoms with Crippen LogP contribution in [-0.4, -0.2) is 69.5 Å². The molecular formula is C21H21N5O6. The summed E-state index contributed by atoms with van der Waals surface area (Å²) in [5.41, 5.74) is 0.503. The number of rotatable bonds is 5. The average Bonchev–Trinajstić information content (AvgIpc) is 2.81. The Balaban J connectivity index is 1.75. The molecule has 0 saturated carbocycles. The summed E-state index contributed by atoms with van der Waals surface area (Å²) in [6, 6.07) is 7.66. The van der Waals surface area contributed by atoms with E-state index in [1.54, 1.807) is 0 Å². The van der Waals surface area contributed by atoms with E-state index in [1.807, 2.05) is 24.3 Å². The maximum Gasteiger partial charge on any atom is 0.322 e. The summed E-state index contributed by atoms with van der Waals surface area (Å²) in [7, 11) is 1.42. The first-order chi connectivity index (χ1) is 15.4. The second-order valence-corrected chi connectivity index (χ2v) is 7.24. The lowest BCUT2D eigenvalue weighted by Gasteiger charge is -2.29. The monoisotopic (exact) mass is 439 g/mol. The number of anilines is 1. The van der Waals surface area contributed by atoms with E-state index >= 15 is 0 Å². The normalized spacial score (nSPS) is 13.8. The molecule has 3 N–H and O–H groups in total. The van der Waals surface area contributed by atoms with Gasteiger partial charge in [-0.3, -0.25) is 19.0 Å². The molecule has 11 heteroatoms. The van der Waals surface area contributed by atoms with Crippen LogP contribution in [0.5, 0.6) is 5.75 Å². The van der Waals surface area contributed by atoms with Crippen molar-refractivity contribution in [3.8, 4) is 17.1 Å². The van der Waals surface area contributed by atoms with Gasteiger partial charge in [0.1, 0.15) is 23.5 Å². The number of carbonyl (C=O) groups is 2. The molecule has 1 aliphatic heterocycles. The summed E-state index contributed by atoms with van der Waals surface area (Å²) in [6.45, 7) is 2.17. The number of aromatic hydroxyl groups is 1. The largest absolute Gasteiger partial charge is 0.506 e. The van der Waals surface area contributed by atoms with Gasteiger partial charge in [-0.2, -0.15) is 0 Å². The molecule has 1 amide bonds. The van der Waals surface area contributed by atoms with Gasteiger partial charge in [0.05, 0.1) is 18.6 Å². The van der Waals surface area contributed by atoms with E-state index in [0.29, 0.717) is 19.0 Å². The number of nitrogens with one attached hydrogen (secondary N) is 1. The lowest BCUT2D eigenvalue weighted by Crippen LogP contribution is -2.36. The molecule has 3 heterocycles. The molecular weight excluding hydrogens is 418 g/mol. The van der Waals surface area contributed by atoms with Gasteiger partial charge >= 0.3 is 5.97 Å². The Bertz CT molecular complexity index is 1270. The highest BCUT2D eigenvalue weighted by Gasteiger charge is 2.23. The summed E-state index contributed by atoms with van der Waals surface area (Å²) in [6.07, 6.45) is 1.34. The highest BCUT2D eigenvalue weighted by molar-refractivity contribution is 6.02. The summed E-state index contributed by atoms with van der Waals surface area (Å²) < 4.78 is 6.52. The van der Waals surface area contributed by atoms with E-state index in [2.05, 4.69) is 20.2 Å². The van der Waals surface area contributed by atoms with E-state index in [-0.39, 0.29) is 11.0 Å². The molecule has 4 rings (SSSR count). The van der Waals surface area contributed by atoms with Gasteiger partial charge in [-0.25, -0.2) is 9.97 Å². The van der Waals surface area contributed by atoms with E-state index in [1.165, 1.54) is 13.2 Å². The van der Waals surface area contributed by atoms with Gasteiger partial charge in [-0.1, -0.05) is 12.1 Å². The van der Waals surface area contributed by atoms with Crippen LogP contribution in [0.1, 0.15) is 10.4 Å². The lowest BCUT2D eigenvalue weighted by atomic mass is 10.1. The molecule has 1 saturated heterocycles. The number of morpholine rings is 1. The van der Waals surface area contributed by atoms with E-state index in [9.17, 15) is 19.5 Å². The fourth-order valence-corrected chi connectivity index (χ4v) is 3.55. The van der Waals surface area contributed by atoms with Gasteiger partial charge in [0, 0.05) is 37.6 Å². The number of pyridine rings is 1. The van der Waals surface area contributed by atoms with Crippen LogP contribution in [0.2, 0.25) is 0 Å². The first kappa shape index (κ1) is 21.2. The van der Waals surface area contributed by atoms with Crippen molar-refractivity contribution < 1.29 is 24.5 Å². The molecule has 166 valence electrons. The Morgan fingerprint density at radius 1 is 1.25 bits per heavy atom. The first-order valence-electron chi connectivity index (χ1n) is 9.88. The summed E-state index contributed by atoms with van der Waals surface area (Å²) in [5, 5.41) is 21.5. The summed E-state index contributed by atoms with van der Waals surface area (Å²) in [4.78, 5) is 46.6. The number of ether oxygens (including phenoxy) is 1. The van der Waals surface area contributed by atoms with Gasteiger partial charge in [0.2, 0.25) is 0 Å². The molecule has 32 heavy (non-hydrogen) atoms. The predicted octanol–water partition coefficient (Wildman–Crippen LogP) is 0.352. The number of nitrogens with zero attached hydrogens (tertiary/aromatic N) is 4. The number of aliphatic carboxylic acids is 1. The number of benzene rings is 1. The minimum atomic E-state index is -1.28. The van der Waals surface area contributed by atoms with Crippen molar-refractivity contribution in [2.45, 2.75) is 0 Å². The Hall–Kier alpha value is -3.99. The zero-order valence-electron chi connectivity index (χ0n) is 17.2. The maximum absolute atomic E-state index is 12.7. The molecule has 0 spiro atoms. The molecule has 0 unspecified atom stereocenters. The van der Waals surface area contributed by atoms with Crippen LogP contribution in [0.25, 0.3) is 22.4 Å². The number of fused-ring (bicyclic) bond motifs is 1. The fraction of sp³-hybridized carbons (Fsp3) is 0.286.